The molecule has 1 N–H and O–H groups in total. The molecule has 3 atom stereocenters. The lowest BCUT2D eigenvalue weighted by Crippen LogP contribution is -2.71. The van der Waals surface area contributed by atoms with Gasteiger partial charge in [0.1, 0.15) is 0 Å². The average molecular weight is 522 g/mol. The van der Waals surface area contributed by atoms with Gasteiger partial charge in [-0.15, -0.1) is 0 Å². The molecule has 3 aliphatic rings. The van der Waals surface area contributed by atoms with Gasteiger partial charge in [-0.2, -0.15) is 0 Å². The van der Waals surface area contributed by atoms with Gasteiger partial charge in [-0.25, -0.2) is 0 Å². The smallest absolute Gasteiger partial charge is 0.232 e. The average Bonchev–Trinajstić information content (AvgIpc) is 2.97. The first-order chi connectivity index (χ1) is 11.1. The number of rotatable bonds is 4. The van der Waals surface area contributed by atoms with Crippen molar-refractivity contribution in [3.05, 3.63) is 29.8 Å². The Hall–Kier alpha value is -0.200. The van der Waals surface area contributed by atoms with Crippen LogP contribution in [0.2, 0.25) is 0 Å². The third-order valence-electron chi connectivity index (χ3n) is 6.42. The maximum atomic E-state index is 13.2. The summed E-state index contributed by atoms with van der Waals surface area (Å²) in [5.41, 5.74) is 0.699. The van der Waals surface area contributed by atoms with Crippen molar-refractivity contribution in [1.29, 1.82) is 0 Å². The number of benzene rings is 1. The van der Waals surface area contributed by atoms with Gasteiger partial charge in [0, 0.05) is 21.5 Å². The largest absolute Gasteiger partial charge is 0.326 e. The SMILES string of the molecule is CC(=O)c1cccc(NC(=O)C23CCC(C(Br)Br)(C2Br)C3(C)C)c1. The number of halogens is 3. The van der Waals surface area contributed by atoms with Crippen LogP contribution in [0.3, 0.4) is 0 Å². The summed E-state index contributed by atoms with van der Waals surface area (Å²) in [6.07, 6.45) is 1.83. The van der Waals surface area contributed by atoms with Crippen LogP contribution >= 0.6 is 47.8 Å². The zero-order chi connectivity index (χ0) is 17.9. The number of carbonyl (C=O) groups is 2. The molecule has 2 bridgehead atoms. The molecule has 0 radical (unpaired) electrons. The Labute approximate surface area is 167 Å². The zero-order valence-electron chi connectivity index (χ0n) is 13.8. The van der Waals surface area contributed by atoms with Gasteiger partial charge in [0.05, 0.1) is 9.15 Å². The van der Waals surface area contributed by atoms with Gasteiger partial charge in [-0.05, 0) is 37.3 Å². The van der Waals surface area contributed by atoms with Crippen LogP contribution in [0.4, 0.5) is 5.69 Å². The number of hydrogen-bond acceptors (Lipinski definition) is 2. The number of Topliss-reactive ketones (excluding diaryl/α,β-unsaturated/α-hetero) is 1. The maximum absolute atomic E-state index is 13.2. The lowest BCUT2D eigenvalue weighted by atomic mass is 9.43. The maximum Gasteiger partial charge on any atom is 0.232 e. The van der Waals surface area contributed by atoms with Crippen molar-refractivity contribution in [2.75, 3.05) is 5.32 Å². The topological polar surface area (TPSA) is 46.2 Å². The summed E-state index contributed by atoms with van der Waals surface area (Å²) in [4.78, 5) is 24.8. The molecule has 1 aromatic rings. The highest BCUT2D eigenvalue weighted by Crippen LogP contribution is 2.82. The fourth-order valence-electron chi connectivity index (χ4n) is 4.76. The Kier molecular flexibility index (Phi) is 4.58. The van der Waals surface area contributed by atoms with E-state index in [0.29, 0.717) is 11.3 Å². The number of anilines is 1. The lowest BCUT2D eigenvalue weighted by molar-refractivity contribution is -0.155. The van der Waals surface area contributed by atoms with Crippen LogP contribution in [0.1, 0.15) is 44.0 Å². The molecule has 3 unspecified atom stereocenters. The van der Waals surface area contributed by atoms with Crippen molar-refractivity contribution in [3.63, 3.8) is 0 Å². The number of fused-ring (bicyclic) bond motifs is 1. The molecule has 3 nitrogen and oxygen atoms in total. The highest BCUT2D eigenvalue weighted by atomic mass is 79.9. The summed E-state index contributed by atoms with van der Waals surface area (Å²) in [6.45, 7) is 5.89. The first-order valence-corrected chi connectivity index (χ1v) is 10.7. The van der Waals surface area contributed by atoms with E-state index < -0.39 is 5.41 Å². The molecule has 0 spiro atoms. The van der Waals surface area contributed by atoms with E-state index in [9.17, 15) is 9.59 Å². The van der Waals surface area contributed by atoms with E-state index in [-0.39, 0.29) is 31.1 Å². The summed E-state index contributed by atoms with van der Waals surface area (Å²) < 4.78 is 0.154. The van der Waals surface area contributed by atoms with E-state index in [1.807, 2.05) is 6.07 Å². The summed E-state index contributed by atoms with van der Waals surface area (Å²) in [5.74, 6) is 0.0248. The van der Waals surface area contributed by atoms with Crippen molar-refractivity contribution in [2.45, 2.75) is 42.2 Å². The summed E-state index contributed by atoms with van der Waals surface area (Å²) in [6, 6.07) is 7.13. The highest BCUT2D eigenvalue weighted by molar-refractivity contribution is 9.24. The molecule has 3 fully saturated rings. The van der Waals surface area contributed by atoms with Gasteiger partial charge in [0.15, 0.2) is 5.78 Å². The number of ketones is 1. The number of hydrogen-bond donors (Lipinski definition) is 1. The van der Waals surface area contributed by atoms with Crippen LogP contribution in [-0.4, -0.2) is 20.3 Å². The van der Waals surface area contributed by atoms with Gasteiger partial charge in [0.25, 0.3) is 0 Å². The van der Waals surface area contributed by atoms with Crippen molar-refractivity contribution in [1.82, 2.24) is 0 Å². The fourth-order valence-corrected chi connectivity index (χ4v) is 9.67. The minimum Gasteiger partial charge on any atom is -0.326 e. The molecule has 0 aromatic heterocycles. The lowest BCUT2D eigenvalue weighted by Gasteiger charge is -2.66. The molecule has 130 valence electrons. The highest BCUT2D eigenvalue weighted by Gasteiger charge is 2.83. The molecular formula is C18H20Br3NO2. The molecule has 4 rings (SSSR count). The standard InChI is InChI=1S/C18H20Br3NO2/c1-10(23)11-5-4-6-12(9-11)22-15(24)18-8-7-17(13(18)19,14(20)21)16(18,2)3/h4-6,9,13-14H,7-8H2,1-3H3,(H,22,24). The molecule has 1 amide bonds. The van der Waals surface area contributed by atoms with Gasteiger partial charge < -0.3 is 5.32 Å². The van der Waals surface area contributed by atoms with Crippen LogP contribution < -0.4 is 5.32 Å². The molecule has 1 aromatic carbocycles. The van der Waals surface area contributed by atoms with E-state index in [1.54, 1.807) is 18.2 Å². The Morgan fingerprint density at radius 3 is 2.42 bits per heavy atom. The fraction of sp³-hybridized carbons (Fsp3) is 0.556. The van der Waals surface area contributed by atoms with Crippen LogP contribution in [0.25, 0.3) is 0 Å². The monoisotopic (exact) mass is 519 g/mol. The van der Waals surface area contributed by atoms with Crippen molar-refractivity contribution in [2.24, 2.45) is 16.2 Å². The number of alkyl halides is 3. The van der Waals surface area contributed by atoms with Gasteiger partial charge in [0.2, 0.25) is 5.91 Å². The first kappa shape index (κ1) is 18.6. The second-order valence-corrected chi connectivity index (χ2v) is 11.4. The minimum atomic E-state index is -0.445. The van der Waals surface area contributed by atoms with E-state index >= 15 is 0 Å². The van der Waals surface area contributed by atoms with Crippen LogP contribution in [-0.2, 0) is 4.79 Å². The summed E-state index contributed by atoms with van der Waals surface area (Å²) in [5, 5.41) is 3.05. The first-order valence-electron chi connectivity index (χ1n) is 7.96. The molecule has 6 heteroatoms. The molecule has 0 saturated heterocycles. The van der Waals surface area contributed by atoms with Crippen molar-refractivity contribution in [3.8, 4) is 0 Å². The third kappa shape index (κ3) is 2.11. The molecule has 0 heterocycles. The van der Waals surface area contributed by atoms with Gasteiger partial charge in [-0.1, -0.05) is 73.8 Å². The molecular weight excluding hydrogens is 502 g/mol. The minimum absolute atomic E-state index is 0.00553. The predicted octanol–water partition coefficient (Wildman–Crippen LogP) is 5.51. The predicted molar refractivity (Wildman–Crippen MR) is 107 cm³/mol. The van der Waals surface area contributed by atoms with Gasteiger partial charge in [-0.3, -0.25) is 9.59 Å². The second-order valence-electron chi connectivity index (χ2n) is 7.39. The van der Waals surface area contributed by atoms with E-state index in [4.69, 9.17) is 0 Å². The Bertz CT molecular complexity index is 718. The number of carbonyl (C=O) groups excluding carboxylic acids is 2. The van der Waals surface area contributed by atoms with Crippen LogP contribution in [0.5, 0.6) is 0 Å². The van der Waals surface area contributed by atoms with Crippen molar-refractivity contribution >= 4 is 65.2 Å². The molecule has 3 saturated carbocycles. The quantitative estimate of drug-likeness (QED) is 0.419. The van der Waals surface area contributed by atoms with E-state index in [0.717, 1.165) is 12.8 Å². The summed E-state index contributed by atoms with van der Waals surface area (Å²) >= 11 is 11.2. The second kappa shape index (κ2) is 5.92. The number of amides is 1. The van der Waals surface area contributed by atoms with E-state index in [1.165, 1.54) is 6.92 Å². The molecule has 0 aliphatic heterocycles. The molecule has 24 heavy (non-hydrogen) atoms. The Balaban J connectivity index is 1.89. The zero-order valence-corrected chi connectivity index (χ0v) is 18.6. The van der Waals surface area contributed by atoms with E-state index in [2.05, 4.69) is 67.0 Å². The Morgan fingerprint density at radius 2 is 1.92 bits per heavy atom. The Morgan fingerprint density at radius 1 is 1.25 bits per heavy atom. The molecule has 3 aliphatic carbocycles. The third-order valence-corrected chi connectivity index (χ3v) is 9.65. The van der Waals surface area contributed by atoms with Crippen LogP contribution in [0.15, 0.2) is 24.3 Å². The normalized spacial score (nSPS) is 33.2. The van der Waals surface area contributed by atoms with Crippen LogP contribution in [0, 0.1) is 16.2 Å². The number of nitrogens with one attached hydrogen (secondary N) is 1. The van der Waals surface area contributed by atoms with Crippen molar-refractivity contribution < 1.29 is 9.59 Å². The van der Waals surface area contributed by atoms with Gasteiger partial charge >= 0.3 is 0 Å². The summed E-state index contributed by atoms with van der Waals surface area (Å²) in [7, 11) is 0.